The van der Waals surface area contributed by atoms with Gasteiger partial charge in [0.1, 0.15) is 0 Å². The Morgan fingerprint density at radius 3 is 2.31 bits per heavy atom. The highest BCUT2D eigenvalue weighted by atomic mass is 16.2. The van der Waals surface area contributed by atoms with E-state index in [4.69, 9.17) is 0 Å². The summed E-state index contributed by atoms with van der Waals surface area (Å²) < 4.78 is 0. The maximum Gasteiger partial charge on any atom is 0.253 e. The summed E-state index contributed by atoms with van der Waals surface area (Å²) in [4.78, 5) is 17.5. The third-order valence-electron chi connectivity index (χ3n) is 6.62. The van der Waals surface area contributed by atoms with E-state index < -0.39 is 0 Å². The van der Waals surface area contributed by atoms with Crippen LogP contribution in [-0.2, 0) is 13.0 Å². The van der Waals surface area contributed by atoms with E-state index in [2.05, 4.69) is 54.3 Å². The topological polar surface area (TPSA) is 23.6 Å². The third-order valence-corrected chi connectivity index (χ3v) is 6.62. The van der Waals surface area contributed by atoms with Gasteiger partial charge < -0.3 is 4.90 Å². The molecule has 0 unspecified atom stereocenters. The first-order valence-corrected chi connectivity index (χ1v) is 11.3. The molecule has 29 heavy (non-hydrogen) atoms. The highest BCUT2D eigenvalue weighted by Crippen LogP contribution is 2.23. The van der Waals surface area contributed by atoms with Crippen molar-refractivity contribution in [3.05, 3.63) is 71.3 Å². The molecule has 0 N–H and O–H groups in total. The molecule has 3 nitrogen and oxygen atoms in total. The first kappa shape index (κ1) is 20.2. The number of carbonyl (C=O) groups is 1. The van der Waals surface area contributed by atoms with Gasteiger partial charge in [-0.25, -0.2) is 0 Å². The van der Waals surface area contributed by atoms with Crippen molar-refractivity contribution in [1.82, 2.24) is 9.80 Å². The van der Waals surface area contributed by atoms with E-state index in [1.165, 1.54) is 37.1 Å². The lowest BCUT2D eigenvalue weighted by molar-refractivity contribution is 0.0690. The van der Waals surface area contributed by atoms with E-state index >= 15 is 0 Å². The van der Waals surface area contributed by atoms with Gasteiger partial charge in [0.2, 0.25) is 0 Å². The maximum absolute atomic E-state index is 12.9. The molecule has 1 amide bonds. The van der Waals surface area contributed by atoms with Gasteiger partial charge in [-0.05, 0) is 73.7 Å². The fraction of sp³-hybridized carbons (Fsp3) is 0.500. The highest BCUT2D eigenvalue weighted by molar-refractivity contribution is 5.94. The number of hydrogen-bond donors (Lipinski definition) is 0. The Labute approximate surface area is 175 Å². The molecule has 2 aliphatic rings. The van der Waals surface area contributed by atoms with Gasteiger partial charge in [0.25, 0.3) is 5.91 Å². The van der Waals surface area contributed by atoms with Crippen LogP contribution in [0.5, 0.6) is 0 Å². The van der Waals surface area contributed by atoms with Crippen molar-refractivity contribution in [2.75, 3.05) is 26.2 Å². The number of hydrogen-bond acceptors (Lipinski definition) is 2. The number of rotatable bonds is 5. The summed E-state index contributed by atoms with van der Waals surface area (Å²) in [5, 5.41) is 0. The molecule has 2 saturated heterocycles. The van der Waals surface area contributed by atoms with Gasteiger partial charge in [-0.3, -0.25) is 9.69 Å². The Bertz CT molecular complexity index is 778. The van der Waals surface area contributed by atoms with Crippen LogP contribution < -0.4 is 0 Å². The maximum atomic E-state index is 12.9. The van der Waals surface area contributed by atoms with E-state index in [1.54, 1.807) is 0 Å². The predicted molar refractivity (Wildman–Crippen MR) is 119 cm³/mol. The van der Waals surface area contributed by atoms with E-state index in [0.717, 1.165) is 50.4 Å². The van der Waals surface area contributed by atoms with Crippen molar-refractivity contribution < 1.29 is 4.79 Å². The SMILES string of the molecule is C[C@@H]1CCCN(Cc2ccc(C(=O)N3CCC(Cc4ccccc4)CC3)cc2)C1. The van der Waals surface area contributed by atoms with Crippen molar-refractivity contribution >= 4 is 5.91 Å². The van der Waals surface area contributed by atoms with Gasteiger partial charge >= 0.3 is 0 Å². The van der Waals surface area contributed by atoms with Crippen LogP contribution in [0.2, 0.25) is 0 Å². The van der Waals surface area contributed by atoms with Gasteiger partial charge in [0.15, 0.2) is 0 Å². The van der Waals surface area contributed by atoms with Crippen LogP contribution in [0.1, 0.15) is 54.1 Å². The smallest absolute Gasteiger partial charge is 0.253 e. The number of nitrogens with zero attached hydrogens (tertiary/aromatic N) is 2. The summed E-state index contributed by atoms with van der Waals surface area (Å²) in [7, 11) is 0. The summed E-state index contributed by atoms with van der Waals surface area (Å²) in [5.74, 6) is 1.69. The molecule has 0 aromatic heterocycles. The Morgan fingerprint density at radius 2 is 1.62 bits per heavy atom. The molecule has 0 aliphatic carbocycles. The zero-order valence-electron chi connectivity index (χ0n) is 17.7. The van der Waals surface area contributed by atoms with Crippen molar-refractivity contribution in [1.29, 1.82) is 0 Å². The molecular formula is C26H34N2O. The largest absolute Gasteiger partial charge is 0.339 e. The molecule has 2 aliphatic heterocycles. The molecule has 4 rings (SSSR count). The van der Waals surface area contributed by atoms with Crippen molar-refractivity contribution in [2.45, 2.75) is 45.6 Å². The molecule has 2 heterocycles. The lowest BCUT2D eigenvalue weighted by Gasteiger charge is -2.32. The van der Waals surface area contributed by atoms with Crippen LogP contribution in [0.25, 0.3) is 0 Å². The quantitative estimate of drug-likeness (QED) is 0.716. The average Bonchev–Trinajstić information content (AvgIpc) is 2.75. The lowest BCUT2D eigenvalue weighted by atomic mass is 9.90. The number of likely N-dealkylation sites (tertiary alicyclic amines) is 2. The molecule has 2 aromatic carbocycles. The molecule has 3 heteroatoms. The molecule has 1 atom stereocenters. The third kappa shape index (κ3) is 5.48. The number of piperidine rings is 2. The van der Waals surface area contributed by atoms with Gasteiger partial charge in [0, 0.05) is 31.7 Å². The van der Waals surface area contributed by atoms with Gasteiger partial charge in [-0.1, -0.05) is 49.4 Å². The van der Waals surface area contributed by atoms with Crippen LogP contribution in [0.3, 0.4) is 0 Å². The summed E-state index contributed by atoms with van der Waals surface area (Å²) in [6.45, 7) is 7.50. The summed E-state index contributed by atoms with van der Waals surface area (Å²) in [5.41, 5.74) is 3.57. The van der Waals surface area contributed by atoms with E-state index in [9.17, 15) is 4.79 Å². The van der Waals surface area contributed by atoms with Gasteiger partial charge in [0.05, 0.1) is 0 Å². The second-order valence-electron chi connectivity index (χ2n) is 9.10. The normalized spacial score (nSPS) is 21.3. The zero-order chi connectivity index (χ0) is 20.1. The second-order valence-corrected chi connectivity index (χ2v) is 9.10. The predicted octanol–water partition coefficient (Wildman–Crippen LogP) is 5.01. The van der Waals surface area contributed by atoms with E-state index in [0.29, 0.717) is 5.92 Å². The van der Waals surface area contributed by atoms with Crippen LogP contribution in [0, 0.1) is 11.8 Å². The Kier molecular flexibility index (Phi) is 6.66. The fourth-order valence-electron chi connectivity index (χ4n) is 4.91. The monoisotopic (exact) mass is 390 g/mol. The highest BCUT2D eigenvalue weighted by Gasteiger charge is 2.24. The molecular weight excluding hydrogens is 356 g/mol. The minimum atomic E-state index is 0.196. The number of amides is 1. The van der Waals surface area contributed by atoms with Crippen molar-refractivity contribution in [3.8, 4) is 0 Å². The first-order valence-electron chi connectivity index (χ1n) is 11.3. The van der Waals surface area contributed by atoms with Crippen LogP contribution in [-0.4, -0.2) is 41.9 Å². The molecule has 0 radical (unpaired) electrons. The van der Waals surface area contributed by atoms with Crippen molar-refractivity contribution in [3.63, 3.8) is 0 Å². The fourth-order valence-corrected chi connectivity index (χ4v) is 4.91. The molecule has 0 spiro atoms. The average molecular weight is 391 g/mol. The van der Waals surface area contributed by atoms with Gasteiger partial charge in [-0.15, -0.1) is 0 Å². The minimum absolute atomic E-state index is 0.196. The Hall–Kier alpha value is -2.13. The summed E-state index contributed by atoms with van der Waals surface area (Å²) in [6.07, 6.45) is 5.99. The molecule has 2 aromatic rings. The Balaban J connectivity index is 1.27. The number of carbonyl (C=O) groups excluding carboxylic acids is 1. The van der Waals surface area contributed by atoms with Gasteiger partial charge in [-0.2, -0.15) is 0 Å². The summed E-state index contributed by atoms with van der Waals surface area (Å²) in [6, 6.07) is 19.1. The molecule has 0 bridgehead atoms. The molecule has 0 saturated carbocycles. The molecule has 154 valence electrons. The number of benzene rings is 2. The van der Waals surface area contributed by atoms with Crippen LogP contribution in [0.15, 0.2) is 54.6 Å². The Morgan fingerprint density at radius 1 is 0.897 bits per heavy atom. The first-order chi connectivity index (χ1) is 14.2. The van der Waals surface area contributed by atoms with E-state index in [-0.39, 0.29) is 5.91 Å². The second kappa shape index (κ2) is 9.58. The van der Waals surface area contributed by atoms with Crippen LogP contribution in [0.4, 0.5) is 0 Å². The molecule has 2 fully saturated rings. The standard InChI is InChI=1S/C26H34N2O/c1-21-6-5-15-27(19-21)20-24-9-11-25(12-10-24)26(29)28-16-13-23(14-17-28)18-22-7-3-2-4-8-22/h2-4,7-12,21,23H,5-6,13-20H2,1H3/t21-/m1/s1. The van der Waals surface area contributed by atoms with Crippen molar-refractivity contribution in [2.24, 2.45) is 11.8 Å². The van der Waals surface area contributed by atoms with Crippen LogP contribution >= 0.6 is 0 Å². The minimum Gasteiger partial charge on any atom is -0.339 e. The van der Waals surface area contributed by atoms with E-state index in [1.807, 2.05) is 17.0 Å². The summed E-state index contributed by atoms with van der Waals surface area (Å²) >= 11 is 0. The zero-order valence-corrected chi connectivity index (χ0v) is 17.7. The lowest BCUT2D eigenvalue weighted by Crippen LogP contribution is -2.39.